The van der Waals surface area contributed by atoms with Gasteiger partial charge in [0.1, 0.15) is 11.3 Å². The highest BCUT2D eigenvalue weighted by Gasteiger charge is 2.13. The first-order valence-corrected chi connectivity index (χ1v) is 9.66. The van der Waals surface area contributed by atoms with Crippen molar-refractivity contribution in [1.82, 2.24) is 4.98 Å². The van der Waals surface area contributed by atoms with Crippen LogP contribution in [0.25, 0.3) is 22.6 Å². The molecule has 0 saturated carbocycles. The fourth-order valence-corrected chi connectivity index (χ4v) is 3.43. The number of para-hydroxylation sites is 1. The van der Waals surface area contributed by atoms with Crippen molar-refractivity contribution in [3.63, 3.8) is 0 Å². The minimum absolute atomic E-state index is 0.176. The summed E-state index contributed by atoms with van der Waals surface area (Å²) >= 11 is 18.2. The lowest BCUT2D eigenvalue weighted by Gasteiger charge is -2.09. The summed E-state index contributed by atoms with van der Waals surface area (Å²) in [7, 11) is 0. The number of amides is 1. The summed E-state index contributed by atoms with van der Waals surface area (Å²) < 4.78 is 11.2. The summed E-state index contributed by atoms with van der Waals surface area (Å²) in [6.45, 7) is -0.176. The Labute approximate surface area is 181 Å². The van der Waals surface area contributed by atoms with Crippen LogP contribution in [0.2, 0.25) is 15.1 Å². The summed E-state index contributed by atoms with van der Waals surface area (Å²) in [5.41, 5.74) is 2.26. The molecule has 0 radical (unpaired) electrons. The molecule has 1 N–H and O–H groups in total. The number of fused-ring (bicyclic) bond motifs is 1. The molecule has 1 heterocycles. The van der Waals surface area contributed by atoms with Crippen molar-refractivity contribution in [2.75, 3.05) is 11.9 Å². The molecule has 4 rings (SSSR count). The Balaban J connectivity index is 1.49. The van der Waals surface area contributed by atoms with Crippen molar-refractivity contribution in [2.24, 2.45) is 0 Å². The first kappa shape index (κ1) is 19.6. The van der Waals surface area contributed by atoms with E-state index < -0.39 is 0 Å². The molecule has 5 nitrogen and oxygen atoms in total. The van der Waals surface area contributed by atoms with E-state index in [1.54, 1.807) is 54.6 Å². The van der Waals surface area contributed by atoms with Crippen molar-refractivity contribution in [3.8, 4) is 17.2 Å². The highest BCUT2D eigenvalue weighted by molar-refractivity contribution is 6.38. The summed E-state index contributed by atoms with van der Waals surface area (Å²) in [5.74, 6) is 0.488. The molecular formula is C21H13Cl3N2O3. The number of hydrogen-bond acceptors (Lipinski definition) is 4. The molecule has 0 saturated heterocycles. The molecule has 0 atom stereocenters. The average Bonchev–Trinajstić information content (AvgIpc) is 3.12. The highest BCUT2D eigenvalue weighted by atomic mass is 35.5. The number of nitrogens with one attached hydrogen (secondary N) is 1. The Morgan fingerprint density at radius 2 is 1.83 bits per heavy atom. The van der Waals surface area contributed by atoms with E-state index in [1.807, 2.05) is 6.07 Å². The van der Waals surface area contributed by atoms with Gasteiger partial charge in [0.25, 0.3) is 5.91 Å². The van der Waals surface area contributed by atoms with E-state index >= 15 is 0 Å². The van der Waals surface area contributed by atoms with Crippen molar-refractivity contribution in [1.29, 1.82) is 0 Å². The third-order valence-corrected chi connectivity index (χ3v) is 4.81. The number of oxazole rings is 1. The number of hydrogen-bond donors (Lipinski definition) is 1. The zero-order valence-corrected chi connectivity index (χ0v) is 17.1. The van der Waals surface area contributed by atoms with E-state index in [-0.39, 0.29) is 12.5 Å². The maximum Gasteiger partial charge on any atom is 0.262 e. The van der Waals surface area contributed by atoms with Gasteiger partial charge in [0.05, 0.1) is 10.0 Å². The predicted octanol–water partition coefficient (Wildman–Crippen LogP) is 6.47. The van der Waals surface area contributed by atoms with Gasteiger partial charge in [0.15, 0.2) is 12.2 Å². The van der Waals surface area contributed by atoms with E-state index in [9.17, 15) is 4.79 Å². The topological polar surface area (TPSA) is 64.4 Å². The number of aromatic nitrogens is 1. The Morgan fingerprint density at radius 3 is 2.66 bits per heavy atom. The molecule has 146 valence electrons. The molecule has 0 bridgehead atoms. The standard InChI is InChI=1S/C21H13Cl3N2O3/c22-13-9-16(24)20-17(10-13)26-21(29-20)12-4-3-5-14(8-12)25-19(27)11-28-18-7-2-1-6-15(18)23/h1-10H,11H2,(H,25,27). The van der Waals surface area contributed by atoms with E-state index in [0.717, 1.165) is 0 Å². The first-order valence-electron chi connectivity index (χ1n) is 8.53. The molecule has 0 fully saturated rings. The van der Waals surface area contributed by atoms with Crippen molar-refractivity contribution >= 4 is 57.5 Å². The normalized spacial score (nSPS) is 10.9. The molecule has 0 aliphatic carbocycles. The van der Waals surface area contributed by atoms with Gasteiger partial charge in [-0.1, -0.05) is 53.0 Å². The maximum absolute atomic E-state index is 12.2. The first-order chi connectivity index (χ1) is 14.0. The SMILES string of the molecule is O=C(COc1ccccc1Cl)Nc1cccc(-c2nc3cc(Cl)cc(Cl)c3o2)c1. The second-order valence-corrected chi connectivity index (χ2v) is 7.35. The second kappa shape index (κ2) is 8.33. The molecule has 3 aromatic carbocycles. The van der Waals surface area contributed by atoms with Gasteiger partial charge in [-0.25, -0.2) is 4.98 Å². The van der Waals surface area contributed by atoms with Crippen LogP contribution in [0.5, 0.6) is 5.75 Å². The number of anilines is 1. The highest BCUT2D eigenvalue weighted by Crippen LogP contribution is 2.32. The van der Waals surface area contributed by atoms with Crippen LogP contribution in [0.3, 0.4) is 0 Å². The lowest BCUT2D eigenvalue weighted by atomic mass is 10.2. The maximum atomic E-state index is 12.2. The predicted molar refractivity (Wildman–Crippen MR) is 115 cm³/mol. The van der Waals surface area contributed by atoms with Gasteiger partial charge in [0.2, 0.25) is 5.89 Å². The van der Waals surface area contributed by atoms with Crippen LogP contribution in [-0.2, 0) is 4.79 Å². The molecular weight excluding hydrogens is 435 g/mol. The van der Waals surface area contributed by atoms with Crippen molar-refractivity contribution in [2.45, 2.75) is 0 Å². The van der Waals surface area contributed by atoms with Gasteiger partial charge >= 0.3 is 0 Å². The number of nitrogens with zero attached hydrogens (tertiary/aromatic N) is 1. The number of halogens is 3. The summed E-state index contributed by atoms with van der Waals surface area (Å²) in [6, 6.07) is 17.3. The van der Waals surface area contributed by atoms with Crippen molar-refractivity contribution in [3.05, 3.63) is 75.7 Å². The van der Waals surface area contributed by atoms with Gasteiger partial charge in [-0.2, -0.15) is 0 Å². The van der Waals surface area contributed by atoms with Crippen LogP contribution >= 0.6 is 34.8 Å². The van der Waals surface area contributed by atoms with E-state index in [1.165, 1.54) is 0 Å². The lowest BCUT2D eigenvalue weighted by Crippen LogP contribution is -2.20. The Hall–Kier alpha value is -2.73. The smallest absolute Gasteiger partial charge is 0.262 e. The molecule has 0 aliphatic rings. The number of carbonyl (C=O) groups excluding carboxylic acids is 1. The van der Waals surface area contributed by atoms with Gasteiger partial charge in [-0.15, -0.1) is 0 Å². The minimum atomic E-state index is -0.325. The van der Waals surface area contributed by atoms with Gasteiger partial charge in [-0.3, -0.25) is 4.79 Å². The Bertz CT molecular complexity index is 1210. The number of benzene rings is 3. The second-order valence-electron chi connectivity index (χ2n) is 6.10. The summed E-state index contributed by atoms with van der Waals surface area (Å²) in [5, 5.41) is 4.07. The van der Waals surface area contributed by atoms with E-state index in [2.05, 4.69) is 10.3 Å². The van der Waals surface area contributed by atoms with Crippen LogP contribution in [-0.4, -0.2) is 17.5 Å². The molecule has 4 aromatic rings. The summed E-state index contributed by atoms with van der Waals surface area (Å²) in [6.07, 6.45) is 0. The Morgan fingerprint density at radius 1 is 1.00 bits per heavy atom. The van der Waals surface area contributed by atoms with Crippen LogP contribution in [0.4, 0.5) is 5.69 Å². The van der Waals surface area contributed by atoms with Crippen LogP contribution < -0.4 is 10.1 Å². The zero-order valence-electron chi connectivity index (χ0n) is 14.8. The molecule has 0 aliphatic heterocycles. The molecule has 0 spiro atoms. The third kappa shape index (κ3) is 4.48. The van der Waals surface area contributed by atoms with Gasteiger partial charge in [0, 0.05) is 16.3 Å². The Kier molecular flexibility index (Phi) is 5.62. The minimum Gasteiger partial charge on any atom is -0.482 e. The fourth-order valence-electron chi connectivity index (χ4n) is 2.72. The molecule has 8 heteroatoms. The van der Waals surface area contributed by atoms with Gasteiger partial charge < -0.3 is 14.5 Å². The molecule has 1 amide bonds. The summed E-state index contributed by atoms with van der Waals surface area (Å²) in [4.78, 5) is 16.6. The monoisotopic (exact) mass is 446 g/mol. The van der Waals surface area contributed by atoms with Crippen LogP contribution in [0.1, 0.15) is 0 Å². The largest absolute Gasteiger partial charge is 0.482 e. The average molecular weight is 448 g/mol. The number of rotatable bonds is 5. The zero-order chi connectivity index (χ0) is 20.4. The number of carbonyl (C=O) groups is 1. The molecule has 0 unspecified atom stereocenters. The van der Waals surface area contributed by atoms with E-state index in [0.29, 0.717) is 49.1 Å². The van der Waals surface area contributed by atoms with Crippen molar-refractivity contribution < 1.29 is 13.9 Å². The molecule has 1 aromatic heterocycles. The fraction of sp³-hybridized carbons (Fsp3) is 0.0476. The number of ether oxygens (including phenoxy) is 1. The van der Waals surface area contributed by atoms with Crippen LogP contribution in [0.15, 0.2) is 65.1 Å². The lowest BCUT2D eigenvalue weighted by molar-refractivity contribution is -0.118. The third-order valence-electron chi connectivity index (χ3n) is 4.00. The quantitative estimate of drug-likeness (QED) is 0.381. The van der Waals surface area contributed by atoms with Crippen LogP contribution in [0, 0.1) is 0 Å². The van der Waals surface area contributed by atoms with Gasteiger partial charge in [-0.05, 0) is 42.5 Å². The molecule has 29 heavy (non-hydrogen) atoms. The van der Waals surface area contributed by atoms with E-state index in [4.69, 9.17) is 44.0 Å².